The average Bonchev–Trinajstić information content (AvgIpc) is 3.75. The number of amides is 2. The fourth-order valence-corrected chi connectivity index (χ4v) is 5.37. The van der Waals surface area contributed by atoms with Gasteiger partial charge in [0.1, 0.15) is 31.2 Å². The van der Waals surface area contributed by atoms with Gasteiger partial charge in [0.25, 0.3) is 0 Å². The van der Waals surface area contributed by atoms with Gasteiger partial charge in [-0.25, -0.2) is 24.5 Å². The zero-order chi connectivity index (χ0) is 30.5. The van der Waals surface area contributed by atoms with Crippen LogP contribution in [0.4, 0.5) is 10.6 Å². The molecule has 0 aliphatic carbocycles. The number of pyridine rings is 1. The first kappa shape index (κ1) is 29.4. The van der Waals surface area contributed by atoms with Gasteiger partial charge < -0.3 is 29.4 Å². The Labute approximate surface area is 252 Å². The molecule has 3 aromatic heterocycles. The molecule has 14 heteroatoms. The maximum Gasteiger partial charge on any atom is 0.381 e. The van der Waals surface area contributed by atoms with E-state index < -0.39 is 36.8 Å². The molecule has 1 aromatic carbocycles. The van der Waals surface area contributed by atoms with Crippen molar-refractivity contribution >= 4 is 29.0 Å². The Morgan fingerprint density at radius 1 is 1.02 bits per heavy atom. The van der Waals surface area contributed by atoms with E-state index in [4.69, 9.17) is 18.9 Å². The van der Waals surface area contributed by atoms with Crippen LogP contribution in [0.25, 0.3) is 11.2 Å². The summed E-state index contributed by atoms with van der Waals surface area (Å²) in [6, 6.07) is 12.2. The molecule has 4 N–H and O–H groups in total. The van der Waals surface area contributed by atoms with Crippen LogP contribution in [0.3, 0.4) is 0 Å². The van der Waals surface area contributed by atoms with Crippen LogP contribution in [0.2, 0.25) is 0 Å². The number of benzene rings is 1. The van der Waals surface area contributed by atoms with Crippen molar-refractivity contribution in [2.45, 2.75) is 63.4 Å². The van der Waals surface area contributed by atoms with Gasteiger partial charge in [0.05, 0.1) is 6.33 Å². The van der Waals surface area contributed by atoms with E-state index in [1.54, 1.807) is 23.2 Å². The van der Waals surface area contributed by atoms with E-state index in [1.807, 2.05) is 30.3 Å². The number of carboxylic acid groups (broad SMARTS) is 1. The highest BCUT2D eigenvalue weighted by Gasteiger charge is 2.54. The van der Waals surface area contributed by atoms with Crippen LogP contribution < -0.4 is 20.4 Å². The van der Waals surface area contributed by atoms with Crippen molar-refractivity contribution in [3.63, 3.8) is 0 Å². The van der Waals surface area contributed by atoms with Crippen molar-refractivity contribution in [2.24, 2.45) is 0 Å². The van der Waals surface area contributed by atoms with Gasteiger partial charge >= 0.3 is 17.9 Å². The number of carbonyl (C=O) groups excluding carboxylic acids is 1. The molecule has 6 rings (SSSR count). The minimum Gasteiger partial charge on any atom is -0.477 e. The standard InChI is InChI=1S/C30H33N7O7/c1-2-3-4-8-13-32-30(40)36-24-21-25(34-16-33-24)37(17-35-21)27-23-22(43-29(44-23)18-10-6-5-7-11-18)20(42-27)15-41-26-19(28(38)39)12-9-14-31-26/h5-7,9-12,14,16-17,20,22-23,27,29H,2-4,8,13,15H2,1H3,(H,38,39)(H2,32,33,34,36,40)/p+1/t20?,22?,23-,27?,29?/m0/s1. The Kier molecular flexibility index (Phi) is 8.91. The highest BCUT2D eigenvalue weighted by atomic mass is 16.8. The second-order valence-corrected chi connectivity index (χ2v) is 10.5. The number of H-pyrrole nitrogens is 1. The number of aromatic amines is 1. The van der Waals surface area contributed by atoms with Crippen molar-refractivity contribution in [2.75, 3.05) is 18.5 Å². The summed E-state index contributed by atoms with van der Waals surface area (Å²) >= 11 is 0. The minimum atomic E-state index is -1.12. The number of ether oxygens (including phenoxy) is 4. The second-order valence-electron chi connectivity index (χ2n) is 10.5. The van der Waals surface area contributed by atoms with Gasteiger partial charge in [-0.05, 0) is 12.5 Å². The number of aromatic carboxylic acids is 1. The second kappa shape index (κ2) is 13.3. The highest BCUT2D eigenvalue weighted by Crippen LogP contribution is 2.45. The van der Waals surface area contributed by atoms with Crippen molar-refractivity contribution in [3.05, 3.63) is 72.4 Å². The number of imidazole rings is 1. The number of hydrogen-bond acceptors (Lipinski definition) is 9. The van der Waals surface area contributed by atoms with Crippen molar-refractivity contribution in [1.29, 1.82) is 0 Å². The molecule has 2 saturated heterocycles. The fourth-order valence-electron chi connectivity index (χ4n) is 5.37. The number of carboxylic acids is 1. The molecule has 2 aliphatic rings. The molecule has 4 unspecified atom stereocenters. The maximum atomic E-state index is 12.5. The predicted octanol–water partition coefficient (Wildman–Crippen LogP) is 3.50. The van der Waals surface area contributed by atoms with Crippen LogP contribution in [-0.4, -0.2) is 68.1 Å². The molecule has 5 atom stereocenters. The van der Waals surface area contributed by atoms with Crippen LogP contribution in [0.1, 0.15) is 61.0 Å². The van der Waals surface area contributed by atoms with Crippen molar-refractivity contribution < 1.29 is 38.6 Å². The maximum absolute atomic E-state index is 12.5. The van der Waals surface area contributed by atoms with Gasteiger partial charge in [-0.3, -0.25) is 9.88 Å². The third kappa shape index (κ3) is 6.18. The van der Waals surface area contributed by atoms with Crippen molar-refractivity contribution in [1.82, 2.24) is 24.8 Å². The molecule has 2 aliphatic heterocycles. The third-order valence-electron chi connectivity index (χ3n) is 7.54. The van der Waals surface area contributed by atoms with E-state index in [0.29, 0.717) is 17.7 Å². The van der Waals surface area contributed by atoms with Gasteiger partial charge in [0.2, 0.25) is 0 Å². The van der Waals surface area contributed by atoms with E-state index in [-0.39, 0.29) is 29.9 Å². The Morgan fingerprint density at radius 2 is 1.86 bits per heavy atom. The van der Waals surface area contributed by atoms with E-state index in [1.165, 1.54) is 12.4 Å². The number of nitrogens with zero attached hydrogens (tertiary/aromatic N) is 4. The predicted molar refractivity (Wildman–Crippen MR) is 155 cm³/mol. The Balaban J connectivity index is 1.23. The lowest BCUT2D eigenvalue weighted by atomic mass is 10.1. The molecule has 0 radical (unpaired) electrons. The smallest absolute Gasteiger partial charge is 0.381 e. The molecule has 0 saturated carbocycles. The molecule has 2 amide bonds. The summed E-state index contributed by atoms with van der Waals surface area (Å²) in [6.45, 7) is 2.68. The van der Waals surface area contributed by atoms with Crippen LogP contribution in [0, 0.1) is 0 Å². The average molecular weight is 605 g/mol. The Morgan fingerprint density at radius 3 is 2.68 bits per heavy atom. The topological polar surface area (TPSA) is 173 Å². The summed E-state index contributed by atoms with van der Waals surface area (Å²) in [6.07, 6.45) is 5.54. The molecule has 4 aromatic rings. The molecular weight excluding hydrogens is 570 g/mol. The number of hydrogen-bond donors (Lipinski definition) is 3. The van der Waals surface area contributed by atoms with Gasteiger partial charge in [-0.2, -0.15) is 4.98 Å². The number of unbranched alkanes of at least 4 members (excludes halogenated alkanes) is 3. The monoisotopic (exact) mass is 604 g/mol. The van der Waals surface area contributed by atoms with Crippen LogP contribution in [0.5, 0.6) is 5.88 Å². The number of urea groups is 1. The Bertz CT molecular complexity index is 1600. The van der Waals surface area contributed by atoms with Crippen LogP contribution in [-0.2, 0) is 14.2 Å². The van der Waals surface area contributed by atoms with E-state index in [2.05, 4.69) is 37.5 Å². The molecule has 5 heterocycles. The first-order chi connectivity index (χ1) is 21.5. The molecule has 2 fully saturated rings. The summed E-state index contributed by atoms with van der Waals surface area (Å²) < 4.78 is 26.8. The van der Waals surface area contributed by atoms with Crippen LogP contribution in [0.15, 0.2) is 61.3 Å². The number of rotatable bonds is 12. The van der Waals surface area contributed by atoms with Gasteiger partial charge in [-0.1, -0.05) is 56.5 Å². The van der Waals surface area contributed by atoms with Gasteiger partial charge in [0, 0.05) is 18.2 Å². The van der Waals surface area contributed by atoms with Gasteiger partial charge in [0.15, 0.2) is 41.3 Å². The summed E-state index contributed by atoms with van der Waals surface area (Å²) in [7, 11) is 0. The lowest BCUT2D eigenvalue weighted by molar-refractivity contribution is -0.395. The number of carbonyl (C=O) groups is 2. The normalized spacial score (nSPS) is 22.5. The minimum absolute atomic E-state index is 0.00770. The molecule has 14 nitrogen and oxygen atoms in total. The molecular formula is C30H34N7O7+. The number of aromatic nitrogens is 5. The summed E-state index contributed by atoms with van der Waals surface area (Å²) in [5, 5.41) is 15.2. The summed E-state index contributed by atoms with van der Waals surface area (Å²) in [4.78, 5) is 40.2. The fraction of sp³-hybridized carbons (Fsp3) is 0.400. The number of nitrogens with one attached hydrogen (secondary N) is 3. The summed E-state index contributed by atoms with van der Waals surface area (Å²) in [5.74, 6) is -0.758. The van der Waals surface area contributed by atoms with E-state index in [9.17, 15) is 14.7 Å². The first-order valence-electron chi connectivity index (χ1n) is 14.6. The highest BCUT2D eigenvalue weighted by molar-refractivity contribution is 5.95. The number of anilines is 1. The molecule has 0 spiro atoms. The van der Waals surface area contributed by atoms with Crippen molar-refractivity contribution in [3.8, 4) is 5.88 Å². The third-order valence-corrected chi connectivity index (χ3v) is 7.54. The lowest BCUT2D eigenvalue weighted by Gasteiger charge is -2.21. The molecule has 44 heavy (non-hydrogen) atoms. The lowest BCUT2D eigenvalue weighted by Crippen LogP contribution is -2.33. The van der Waals surface area contributed by atoms with Crippen LogP contribution >= 0.6 is 0 Å². The quantitative estimate of drug-likeness (QED) is 0.203. The van der Waals surface area contributed by atoms with E-state index in [0.717, 1.165) is 31.2 Å². The SMILES string of the molecule is CCCCCCNC(=O)Nc1ncnc2c1ncn2C1OC(COc2[nH+]cccc2C(=O)O)C2OC(c3ccccc3)O[C@@H]21. The molecule has 0 bridgehead atoms. The van der Waals surface area contributed by atoms with Gasteiger partial charge in [-0.15, -0.1) is 0 Å². The number of fused-ring (bicyclic) bond motifs is 2. The largest absolute Gasteiger partial charge is 0.477 e. The molecule has 230 valence electrons. The van der Waals surface area contributed by atoms with E-state index >= 15 is 0 Å². The zero-order valence-corrected chi connectivity index (χ0v) is 24.1. The zero-order valence-electron chi connectivity index (χ0n) is 24.1. The Hall–Kier alpha value is -4.66. The summed E-state index contributed by atoms with van der Waals surface area (Å²) in [5.41, 5.74) is 1.65. The first-order valence-corrected chi connectivity index (χ1v) is 14.6.